The minimum atomic E-state index is -0.408. The number of carbonyl (C=O) groups excluding carboxylic acids is 1. The van der Waals surface area contributed by atoms with Crippen LogP contribution in [0.5, 0.6) is 0 Å². The highest BCUT2D eigenvalue weighted by Gasteiger charge is 2.40. The fraction of sp³-hybridized carbons (Fsp3) is 0.200. The molecule has 1 amide bonds. The molecule has 1 unspecified atom stereocenters. The largest absolute Gasteiger partial charge is 0.450 e. The van der Waals surface area contributed by atoms with Crippen molar-refractivity contribution in [1.82, 2.24) is 4.90 Å². The Morgan fingerprint density at radius 1 is 0.958 bits per heavy atom. The number of carbonyl (C=O) groups is 1. The highest BCUT2D eigenvalue weighted by molar-refractivity contribution is 5.98. The van der Waals surface area contributed by atoms with Gasteiger partial charge in [0.25, 0.3) is 5.91 Å². The average Bonchev–Trinajstić information content (AvgIpc) is 2.82. The Bertz CT molecular complexity index is 1030. The van der Waals surface area contributed by atoms with Gasteiger partial charge >= 0.3 is 0 Å². The summed E-state index contributed by atoms with van der Waals surface area (Å²) in [4.78, 5) is 27.3. The maximum Gasteiger partial charge on any atom is 0.290 e. The van der Waals surface area contributed by atoms with E-state index in [1.807, 2.05) is 50.2 Å². The van der Waals surface area contributed by atoms with E-state index < -0.39 is 6.04 Å². The number of hydrogen-bond donors (Lipinski definition) is 0. The van der Waals surface area contributed by atoms with Crippen molar-refractivity contribution in [3.63, 3.8) is 0 Å². The van der Waals surface area contributed by atoms with Crippen LogP contribution in [0.3, 0.4) is 0 Å². The molecule has 24 heavy (non-hydrogen) atoms. The van der Waals surface area contributed by atoms with Crippen LogP contribution in [0.15, 0.2) is 51.7 Å². The molecule has 2 aromatic carbocycles. The summed E-state index contributed by atoms with van der Waals surface area (Å²) in [5.74, 6) is -0.0976. The summed E-state index contributed by atoms with van der Waals surface area (Å²) in [5, 5.41) is 0.522. The van der Waals surface area contributed by atoms with Crippen LogP contribution >= 0.6 is 0 Å². The van der Waals surface area contributed by atoms with Gasteiger partial charge in [0.1, 0.15) is 5.58 Å². The molecule has 3 aromatic rings. The van der Waals surface area contributed by atoms with Gasteiger partial charge in [-0.05, 0) is 31.5 Å². The van der Waals surface area contributed by atoms with Crippen LogP contribution in [0.1, 0.15) is 38.9 Å². The quantitative estimate of drug-likeness (QED) is 0.689. The molecule has 4 nitrogen and oxygen atoms in total. The highest BCUT2D eigenvalue weighted by atomic mass is 16.3. The van der Waals surface area contributed by atoms with Crippen LogP contribution in [0, 0.1) is 13.8 Å². The van der Waals surface area contributed by atoms with Gasteiger partial charge in [0.15, 0.2) is 5.43 Å². The summed E-state index contributed by atoms with van der Waals surface area (Å²) in [6.45, 7) is 3.94. The predicted molar refractivity (Wildman–Crippen MR) is 92.3 cm³/mol. The maximum absolute atomic E-state index is 13.1. The van der Waals surface area contributed by atoms with E-state index in [1.54, 1.807) is 18.0 Å². The molecule has 0 N–H and O–H groups in total. The molecule has 1 aliphatic rings. The predicted octanol–water partition coefficient (Wildman–Crippen LogP) is 3.58. The van der Waals surface area contributed by atoms with Crippen molar-refractivity contribution in [2.24, 2.45) is 0 Å². The van der Waals surface area contributed by atoms with E-state index in [2.05, 4.69) is 0 Å². The fourth-order valence-electron chi connectivity index (χ4n) is 3.34. The Labute approximate surface area is 139 Å². The molecule has 4 heteroatoms. The number of amides is 1. The summed E-state index contributed by atoms with van der Waals surface area (Å²) in [5.41, 5.74) is 3.79. The molecule has 0 saturated heterocycles. The monoisotopic (exact) mass is 319 g/mol. The van der Waals surface area contributed by atoms with E-state index in [1.165, 1.54) is 0 Å². The zero-order chi connectivity index (χ0) is 17.0. The summed E-state index contributed by atoms with van der Waals surface area (Å²) < 4.78 is 5.81. The smallest absolute Gasteiger partial charge is 0.290 e. The molecule has 0 spiro atoms. The van der Waals surface area contributed by atoms with E-state index in [0.29, 0.717) is 16.5 Å². The first-order valence-electron chi connectivity index (χ1n) is 7.88. The molecular weight excluding hydrogens is 302 g/mol. The fourth-order valence-corrected chi connectivity index (χ4v) is 3.34. The Morgan fingerprint density at radius 3 is 2.33 bits per heavy atom. The van der Waals surface area contributed by atoms with Gasteiger partial charge in [-0.15, -0.1) is 0 Å². The summed E-state index contributed by atoms with van der Waals surface area (Å²) in [6, 6.07) is 12.9. The number of fused-ring (bicyclic) bond motifs is 2. The van der Waals surface area contributed by atoms with E-state index in [0.717, 1.165) is 16.7 Å². The van der Waals surface area contributed by atoms with Gasteiger partial charge in [0.2, 0.25) is 5.76 Å². The molecule has 120 valence electrons. The zero-order valence-electron chi connectivity index (χ0n) is 13.8. The molecule has 4 rings (SSSR count). The van der Waals surface area contributed by atoms with Crippen LogP contribution in [-0.2, 0) is 0 Å². The molecule has 1 aromatic heterocycles. The van der Waals surface area contributed by atoms with Crippen LogP contribution in [0.4, 0.5) is 0 Å². The van der Waals surface area contributed by atoms with Crippen LogP contribution in [0.2, 0.25) is 0 Å². The van der Waals surface area contributed by atoms with Gasteiger partial charge in [-0.1, -0.05) is 41.5 Å². The second-order valence-electron chi connectivity index (χ2n) is 6.40. The average molecular weight is 319 g/mol. The molecule has 0 radical (unpaired) electrons. The third kappa shape index (κ3) is 1.99. The number of benzene rings is 2. The number of rotatable bonds is 1. The zero-order valence-corrected chi connectivity index (χ0v) is 13.8. The minimum Gasteiger partial charge on any atom is -0.450 e. The van der Waals surface area contributed by atoms with Gasteiger partial charge in [-0.25, -0.2) is 0 Å². The van der Waals surface area contributed by atoms with Crippen molar-refractivity contribution < 1.29 is 9.21 Å². The van der Waals surface area contributed by atoms with Gasteiger partial charge in [0.05, 0.1) is 17.0 Å². The molecule has 0 saturated carbocycles. The van der Waals surface area contributed by atoms with Crippen molar-refractivity contribution in [2.45, 2.75) is 19.9 Å². The SMILES string of the molecule is Cc1ccc(C2c3c(oc4ccc(C)cc4c3=O)C(=O)N2C)cc1. The second kappa shape index (κ2) is 5.06. The Hall–Kier alpha value is -2.88. The second-order valence-corrected chi connectivity index (χ2v) is 6.40. The number of nitrogens with zero attached hydrogens (tertiary/aromatic N) is 1. The summed E-state index contributed by atoms with van der Waals surface area (Å²) in [6.07, 6.45) is 0. The van der Waals surface area contributed by atoms with E-state index in [9.17, 15) is 9.59 Å². The van der Waals surface area contributed by atoms with Gasteiger partial charge in [-0.3, -0.25) is 9.59 Å². The maximum atomic E-state index is 13.1. The van der Waals surface area contributed by atoms with Gasteiger partial charge in [-0.2, -0.15) is 0 Å². The van der Waals surface area contributed by atoms with E-state index >= 15 is 0 Å². The van der Waals surface area contributed by atoms with Crippen molar-refractivity contribution in [3.8, 4) is 0 Å². The number of aryl methyl sites for hydroxylation is 2. The van der Waals surface area contributed by atoms with Crippen LogP contribution in [-0.4, -0.2) is 17.9 Å². The first-order valence-corrected chi connectivity index (χ1v) is 7.88. The molecule has 0 fully saturated rings. The standard InChI is InChI=1S/C20H17NO3/c1-11-4-7-13(8-5-11)17-16-18(22)14-10-12(2)6-9-15(14)24-19(16)20(23)21(17)3/h4-10,17H,1-3H3. The highest BCUT2D eigenvalue weighted by Crippen LogP contribution is 2.36. The van der Waals surface area contributed by atoms with Crippen LogP contribution in [0.25, 0.3) is 11.0 Å². The lowest BCUT2D eigenvalue weighted by atomic mass is 9.97. The van der Waals surface area contributed by atoms with Gasteiger partial charge < -0.3 is 9.32 Å². The third-order valence-corrected chi connectivity index (χ3v) is 4.65. The minimum absolute atomic E-state index is 0.127. The van der Waals surface area contributed by atoms with Crippen molar-refractivity contribution in [1.29, 1.82) is 0 Å². The lowest BCUT2D eigenvalue weighted by molar-refractivity contribution is 0.0771. The lowest BCUT2D eigenvalue weighted by Gasteiger charge is -2.20. The Morgan fingerprint density at radius 2 is 1.62 bits per heavy atom. The van der Waals surface area contributed by atoms with Crippen molar-refractivity contribution >= 4 is 16.9 Å². The molecule has 0 bridgehead atoms. The molecule has 1 aliphatic heterocycles. The van der Waals surface area contributed by atoms with Gasteiger partial charge in [0, 0.05) is 7.05 Å². The first-order chi connectivity index (χ1) is 11.5. The first kappa shape index (κ1) is 14.7. The van der Waals surface area contributed by atoms with Crippen molar-refractivity contribution in [2.75, 3.05) is 7.05 Å². The Balaban J connectivity index is 2.03. The lowest BCUT2D eigenvalue weighted by Crippen LogP contribution is -2.25. The Kier molecular flexibility index (Phi) is 3.10. The van der Waals surface area contributed by atoms with E-state index in [4.69, 9.17) is 4.42 Å². The normalized spacial score (nSPS) is 16.7. The molecule has 1 atom stereocenters. The molecule has 2 heterocycles. The van der Waals surface area contributed by atoms with Crippen molar-refractivity contribution in [3.05, 3.63) is 80.7 Å². The summed E-state index contributed by atoms with van der Waals surface area (Å²) >= 11 is 0. The third-order valence-electron chi connectivity index (χ3n) is 4.65. The van der Waals surface area contributed by atoms with E-state index in [-0.39, 0.29) is 17.1 Å². The summed E-state index contributed by atoms with van der Waals surface area (Å²) in [7, 11) is 1.71. The number of hydrogen-bond acceptors (Lipinski definition) is 3. The molecule has 0 aliphatic carbocycles. The topological polar surface area (TPSA) is 50.5 Å². The van der Waals surface area contributed by atoms with Crippen LogP contribution < -0.4 is 5.43 Å². The molecular formula is C20H17NO3.